The van der Waals surface area contributed by atoms with Crippen molar-refractivity contribution in [3.63, 3.8) is 0 Å². The van der Waals surface area contributed by atoms with Gasteiger partial charge in [-0.1, -0.05) is 32.9 Å². The summed E-state index contributed by atoms with van der Waals surface area (Å²) < 4.78 is 0. The lowest BCUT2D eigenvalue weighted by atomic mass is 9.61. The average molecular weight is 383 g/mol. The van der Waals surface area contributed by atoms with Crippen molar-refractivity contribution in [2.45, 2.75) is 89.8 Å². The minimum Gasteiger partial charge on any atom is -0.390 e. The Morgan fingerprint density at radius 3 is 2.61 bits per heavy atom. The Kier molecular flexibility index (Phi) is 5.03. The van der Waals surface area contributed by atoms with Crippen LogP contribution in [0.2, 0.25) is 0 Å². The summed E-state index contributed by atoms with van der Waals surface area (Å²) >= 11 is 0. The minimum absolute atomic E-state index is 0. The molecule has 1 aromatic heterocycles. The molecule has 2 aliphatic carbocycles. The van der Waals surface area contributed by atoms with Gasteiger partial charge in [0, 0.05) is 35.6 Å². The number of nitrogens with one attached hydrogen (secondary N) is 1. The van der Waals surface area contributed by atoms with Gasteiger partial charge in [-0.25, -0.2) is 0 Å². The maximum absolute atomic E-state index is 13.1. The molecule has 28 heavy (non-hydrogen) atoms. The van der Waals surface area contributed by atoms with Crippen molar-refractivity contribution in [2.75, 3.05) is 0 Å². The number of benzene rings is 1. The summed E-state index contributed by atoms with van der Waals surface area (Å²) in [7, 11) is 0. The monoisotopic (exact) mass is 382 g/mol. The van der Waals surface area contributed by atoms with E-state index in [-0.39, 0.29) is 25.4 Å². The number of piperidine rings is 2. The lowest BCUT2D eigenvalue weighted by Gasteiger charge is -2.59. The van der Waals surface area contributed by atoms with Crippen molar-refractivity contribution >= 4 is 16.8 Å². The largest absolute Gasteiger partial charge is 0.390 e. The first-order valence-electron chi connectivity index (χ1n) is 10.7. The highest BCUT2D eigenvalue weighted by Crippen LogP contribution is 2.51. The van der Waals surface area contributed by atoms with Crippen LogP contribution in [-0.4, -0.2) is 38.6 Å². The van der Waals surface area contributed by atoms with Crippen LogP contribution in [0.25, 0.3) is 10.9 Å². The summed E-state index contributed by atoms with van der Waals surface area (Å²) in [4.78, 5) is 18.7. The fraction of sp³-hybridized carbons (Fsp3) is 0.625. The topological polar surface area (TPSA) is 56.3 Å². The molecule has 4 heteroatoms. The third kappa shape index (κ3) is 3.16. The normalized spacial score (nSPS) is 30.6. The first-order valence-corrected chi connectivity index (χ1v) is 10.7. The molecule has 1 amide bonds. The molecule has 1 aromatic carbocycles. The molecule has 2 saturated carbocycles. The quantitative estimate of drug-likeness (QED) is 0.794. The first kappa shape index (κ1) is 19.5. The number of hydrogen-bond acceptors (Lipinski definition) is 2. The average Bonchev–Trinajstić information content (AvgIpc) is 3.02. The molecule has 6 rings (SSSR count). The predicted octanol–water partition coefficient (Wildman–Crippen LogP) is 4.59. The molecule has 0 radical (unpaired) electrons. The van der Waals surface area contributed by atoms with Crippen LogP contribution < -0.4 is 0 Å². The van der Waals surface area contributed by atoms with Crippen molar-refractivity contribution < 1.29 is 9.90 Å². The number of rotatable bonds is 5. The fourth-order valence-electron chi connectivity index (χ4n) is 6.38. The Morgan fingerprint density at radius 2 is 1.93 bits per heavy atom. The van der Waals surface area contributed by atoms with E-state index in [0.717, 1.165) is 51.4 Å². The van der Waals surface area contributed by atoms with Gasteiger partial charge in [-0.05, 0) is 68.1 Å². The number of aryl methyl sites for hydroxylation is 2. The molecule has 2 atom stereocenters. The second-order valence-electron chi connectivity index (χ2n) is 9.19. The molecule has 2 aliphatic heterocycles. The number of fused-ring (bicyclic) bond motifs is 1. The zero-order valence-corrected chi connectivity index (χ0v) is 16.2. The molecule has 4 nitrogen and oxygen atoms in total. The van der Waals surface area contributed by atoms with E-state index in [2.05, 4.69) is 41.2 Å². The van der Waals surface area contributed by atoms with Gasteiger partial charge in [-0.3, -0.25) is 4.79 Å². The van der Waals surface area contributed by atoms with Crippen LogP contribution in [0.3, 0.4) is 0 Å². The predicted molar refractivity (Wildman–Crippen MR) is 113 cm³/mol. The summed E-state index contributed by atoms with van der Waals surface area (Å²) in [5, 5.41) is 12.1. The summed E-state index contributed by atoms with van der Waals surface area (Å²) in [6.45, 7) is 2.21. The van der Waals surface area contributed by atoms with Gasteiger partial charge in [-0.2, -0.15) is 0 Å². The van der Waals surface area contributed by atoms with E-state index in [9.17, 15) is 9.90 Å². The number of carbonyl (C=O) groups excluding carboxylic acids is 1. The highest BCUT2D eigenvalue weighted by molar-refractivity contribution is 5.87. The molecule has 4 aliphatic rings. The smallest absolute Gasteiger partial charge is 0.223 e. The van der Waals surface area contributed by atoms with Crippen molar-refractivity contribution in [1.82, 2.24) is 9.88 Å². The number of nitrogens with zero attached hydrogens (tertiary/aromatic N) is 1. The Morgan fingerprint density at radius 1 is 1.18 bits per heavy atom. The van der Waals surface area contributed by atoms with Crippen LogP contribution in [0.15, 0.2) is 24.4 Å². The number of aromatic amines is 1. The summed E-state index contributed by atoms with van der Waals surface area (Å²) in [6.07, 6.45) is 10.4. The van der Waals surface area contributed by atoms with E-state index < -0.39 is 5.60 Å². The Bertz CT molecular complexity index is 855. The lowest BCUT2D eigenvalue weighted by Crippen LogP contribution is -2.65. The van der Waals surface area contributed by atoms with E-state index in [1.54, 1.807) is 0 Å². The van der Waals surface area contributed by atoms with Crippen molar-refractivity contribution in [2.24, 2.45) is 5.92 Å². The summed E-state index contributed by atoms with van der Waals surface area (Å²) in [5.41, 5.74) is 3.35. The lowest BCUT2D eigenvalue weighted by molar-refractivity contribution is -0.174. The number of hydrogen-bond donors (Lipinski definition) is 2. The second-order valence-corrected chi connectivity index (χ2v) is 9.19. The fourth-order valence-corrected chi connectivity index (χ4v) is 6.38. The molecule has 4 fully saturated rings. The molecule has 0 spiro atoms. The zero-order valence-electron chi connectivity index (χ0n) is 16.2. The van der Waals surface area contributed by atoms with E-state index in [0.29, 0.717) is 12.3 Å². The van der Waals surface area contributed by atoms with Gasteiger partial charge in [0.15, 0.2) is 0 Å². The molecule has 2 aromatic rings. The molecule has 3 heterocycles. The molecular formula is C24H34N2O2. The van der Waals surface area contributed by atoms with Crippen LogP contribution in [0.5, 0.6) is 0 Å². The highest BCUT2D eigenvalue weighted by Gasteiger charge is 2.54. The molecule has 2 saturated heterocycles. The molecule has 2 unspecified atom stereocenters. The Balaban J connectivity index is 0.00000192. The molecule has 152 valence electrons. The SMILES string of the molecule is C.CCCc1cccc2[nH]cc(CCC(=O)N3C4CC5CC3CC(O)(C5)C4)c12. The summed E-state index contributed by atoms with van der Waals surface area (Å²) in [5.74, 6) is 0.913. The van der Waals surface area contributed by atoms with Crippen LogP contribution in [0, 0.1) is 5.92 Å². The van der Waals surface area contributed by atoms with Gasteiger partial charge < -0.3 is 15.0 Å². The van der Waals surface area contributed by atoms with Gasteiger partial charge >= 0.3 is 0 Å². The van der Waals surface area contributed by atoms with E-state index in [1.807, 2.05) is 0 Å². The van der Waals surface area contributed by atoms with E-state index >= 15 is 0 Å². The van der Waals surface area contributed by atoms with Crippen LogP contribution >= 0.6 is 0 Å². The highest BCUT2D eigenvalue weighted by atomic mass is 16.3. The summed E-state index contributed by atoms with van der Waals surface area (Å²) in [6, 6.07) is 7.00. The van der Waals surface area contributed by atoms with Crippen molar-refractivity contribution in [3.8, 4) is 0 Å². The number of aromatic nitrogens is 1. The van der Waals surface area contributed by atoms with Crippen molar-refractivity contribution in [3.05, 3.63) is 35.5 Å². The van der Waals surface area contributed by atoms with Crippen molar-refractivity contribution in [1.29, 1.82) is 0 Å². The second kappa shape index (κ2) is 7.22. The zero-order chi connectivity index (χ0) is 18.6. The standard InChI is InChI=1S/C23H30N2O2.CH4/c1-2-4-16-5-3-6-20-22(16)17(14-24-20)7-8-21(26)25-18-9-15-10-19(25)13-23(27,11-15)12-18;/h3,5-6,14-15,18-19,24,27H,2,4,7-13H2,1H3;1H4. The van der Waals surface area contributed by atoms with Crippen LogP contribution in [-0.2, 0) is 17.6 Å². The number of H-pyrrole nitrogens is 1. The first-order chi connectivity index (χ1) is 13.1. The van der Waals surface area contributed by atoms with Gasteiger partial charge in [0.05, 0.1) is 5.60 Å². The molecular weight excluding hydrogens is 348 g/mol. The molecule has 4 bridgehead atoms. The maximum Gasteiger partial charge on any atom is 0.223 e. The number of carbonyl (C=O) groups is 1. The molecule has 2 N–H and O–H groups in total. The third-order valence-electron chi connectivity index (χ3n) is 7.19. The van der Waals surface area contributed by atoms with Gasteiger partial charge in [0.25, 0.3) is 0 Å². The van der Waals surface area contributed by atoms with Gasteiger partial charge in [0.1, 0.15) is 0 Å². The minimum atomic E-state index is -0.487. The maximum atomic E-state index is 13.1. The van der Waals surface area contributed by atoms with Gasteiger partial charge in [0.2, 0.25) is 5.91 Å². The number of aliphatic hydroxyl groups is 1. The Labute approximate surface area is 168 Å². The van der Waals surface area contributed by atoms with Crippen LogP contribution in [0.1, 0.15) is 70.4 Å². The third-order valence-corrected chi connectivity index (χ3v) is 7.19. The van der Waals surface area contributed by atoms with Gasteiger partial charge in [-0.15, -0.1) is 0 Å². The van der Waals surface area contributed by atoms with Crippen LogP contribution in [0.4, 0.5) is 0 Å². The van der Waals surface area contributed by atoms with E-state index in [1.165, 1.54) is 22.0 Å². The number of amides is 1. The van der Waals surface area contributed by atoms with E-state index in [4.69, 9.17) is 0 Å². The Hall–Kier alpha value is -1.81.